The number of aliphatic hydroxyl groups excluding tert-OH is 1. The number of aliphatic hydroxyl groups is 1. The Balaban J connectivity index is 1.57. The van der Waals surface area contributed by atoms with Gasteiger partial charge in [0.25, 0.3) is 5.91 Å². The summed E-state index contributed by atoms with van der Waals surface area (Å²) in [7, 11) is 0. The zero-order chi connectivity index (χ0) is 21.9. The van der Waals surface area contributed by atoms with Gasteiger partial charge >= 0.3 is 0 Å². The molecule has 1 fully saturated rings. The van der Waals surface area contributed by atoms with E-state index in [0.717, 1.165) is 31.1 Å². The highest BCUT2D eigenvalue weighted by Gasteiger charge is 2.23. The molecule has 1 atom stereocenters. The predicted octanol–water partition coefficient (Wildman–Crippen LogP) is 4.12. The summed E-state index contributed by atoms with van der Waals surface area (Å²) in [6, 6.07) is 10.1. The first-order valence-corrected chi connectivity index (χ1v) is 11.8. The molecule has 0 saturated heterocycles. The van der Waals surface area contributed by atoms with Gasteiger partial charge < -0.3 is 15.7 Å². The van der Waals surface area contributed by atoms with Gasteiger partial charge in [-0.1, -0.05) is 82.1 Å². The summed E-state index contributed by atoms with van der Waals surface area (Å²) < 4.78 is 0. The minimum absolute atomic E-state index is 0.0941. The molecule has 0 aliphatic heterocycles. The molecular formula is C25H35N3O3. The van der Waals surface area contributed by atoms with Crippen molar-refractivity contribution in [3.63, 3.8) is 0 Å². The first-order chi connectivity index (χ1) is 15.2. The maximum atomic E-state index is 12.8. The molecule has 1 aliphatic rings. The molecule has 3 N–H and O–H groups in total. The van der Waals surface area contributed by atoms with Gasteiger partial charge in [-0.25, -0.2) is 4.98 Å². The number of hydrogen-bond donors (Lipinski definition) is 3. The van der Waals surface area contributed by atoms with Crippen molar-refractivity contribution in [2.75, 3.05) is 6.61 Å². The number of aromatic nitrogens is 1. The largest absolute Gasteiger partial charge is 0.394 e. The van der Waals surface area contributed by atoms with Crippen LogP contribution in [0.3, 0.4) is 0 Å². The molecule has 1 heterocycles. The van der Waals surface area contributed by atoms with Crippen LogP contribution in [0.25, 0.3) is 10.9 Å². The van der Waals surface area contributed by atoms with Crippen molar-refractivity contribution in [2.24, 2.45) is 0 Å². The molecule has 1 unspecified atom stereocenters. The van der Waals surface area contributed by atoms with E-state index in [4.69, 9.17) is 0 Å². The lowest BCUT2D eigenvalue weighted by Crippen LogP contribution is -2.51. The predicted molar refractivity (Wildman–Crippen MR) is 123 cm³/mol. The van der Waals surface area contributed by atoms with Crippen molar-refractivity contribution in [2.45, 2.75) is 82.7 Å². The van der Waals surface area contributed by atoms with Gasteiger partial charge in [-0.2, -0.15) is 0 Å². The molecule has 1 saturated carbocycles. The van der Waals surface area contributed by atoms with E-state index in [9.17, 15) is 14.7 Å². The molecule has 31 heavy (non-hydrogen) atoms. The zero-order valence-electron chi connectivity index (χ0n) is 18.3. The van der Waals surface area contributed by atoms with Crippen LogP contribution in [-0.2, 0) is 4.79 Å². The molecule has 0 bridgehead atoms. The van der Waals surface area contributed by atoms with Crippen LogP contribution in [0.15, 0.2) is 36.4 Å². The van der Waals surface area contributed by atoms with E-state index in [1.165, 1.54) is 44.9 Å². The maximum Gasteiger partial charge on any atom is 0.270 e. The third-order valence-electron chi connectivity index (χ3n) is 6.09. The van der Waals surface area contributed by atoms with Gasteiger partial charge in [-0.3, -0.25) is 9.59 Å². The highest BCUT2D eigenvalue weighted by atomic mass is 16.3. The van der Waals surface area contributed by atoms with Crippen molar-refractivity contribution in [1.29, 1.82) is 0 Å². The van der Waals surface area contributed by atoms with E-state index in [-0.39, 0.29) is 17.6 Å². The number of rotatable bonds is 5. The third-order valence-corrected chi connectivity index (χ3v) is 6.09. The number of amides is 2. The summed E-state index contributed by atoms with van der Waals surface area (Å²) in [5, 5.41) is 16.4. The van der Waals surface area contributed by atoms with Crippen LogP contribution >= 0.6 is 0 Å². The van der Waals surface area contributed by atoms with Crippen LogP contribution in [0.4, 0.5) is 0 Å². The van der Waals surface area contributed by atoms with E-state index in [1.807, 2.05) is 30.3 Å². The highest BCUT2D eigenvalue weighted by molar-refractivity contribution is 5.97. The summed E-state index contributed by atoms with van der Waals surface area (Å²) >= 11 is 0. The van der Waals surface area contributed by atoms with Gasteiger partial charge in [-0.15, -0.1) is 0 Å². The van der Waals surface area contributed by atoms with E-state index < -0.39 is 18.6 Å². The molecular weight excluding hydrogens is 390 g/mol. The van der Waals surface area contributed by atoms with Crippen LogP contribution in [0.1, 0.15) is 81.1 Å². The van der Waals surface area contributed by atoms with E-state index >= 15 is 0 Å². The molecule has 1 aromatic heterocycles. The van der Waals surface area contributed by atoms with Gasteiger partial charge in [0.15, 0.2) is 0 Å². The summed E-state index contributed by atoms with van der Waals surface area (Å²) in [5.74, 6) is -0.785. The molecule has 3 rings (SSSR count). The number of nitrogens with zero attached hydrogens (tertiary/aromatic N) is 1. The lowest BCUT2D eigenvalue weighted by molar-refractivity contribution is -0.124. The summed E-state index contributed by atoms with van der Waals surface area (Å²) in [6.45, 7) is -0.447. The van der Waals surface area contributed by atoms with Crippen LogP contribution in [0, 0.1) is 0 Å². The number of benzene rings is 1. The van der Waals surface area contributed by atoms with E-state index in [1.54, 1.807) is 6.07 Å². The van der Waals surface area contributed by atoms with Crippen molar-refractivity contribution in [1.82, 2.24) is 15.6 Å². The van der Waals surface area contributed by atoms with Gasteiger partial charge in [0.2, 0.25) is 5.91 Å². The third kappa shape index (κ3) is 7.31. The average Bonchev–Trinajstić information content (AvgIpc) is 2.78. The smallest absolute Gasteiger partial charge is 0.270 e. The second kappa shape index (κ2) is 12.4. The Morgan fingerprint density at radius 2 is 1.52 bits per heavy atom. The minimum atomic E-state index is -0.984. The van der Waals surface area contributed by atoms with E-state index in [2.05, 4.69) is 15.6 Å². The topological polar surface area (TPSA) is 91.3 Å². The normalized spacial score (nSPS) is 17.8. The van der Waals surface area contributed by atoms with Crippen molar-refractivity contribution in [3.05, 3.63) is 42.1 Å². The van der Waals surface area contributed by atoms with Crippen LogP contribution < -0.4 is 10.6 Å². The van der Waals surface area contributed by atoms with E-state index in [0.29, 0.717) is 5.52 Å². The Labute approximate surface area is 184 Å². The molecule has 0 spiro atoms. The summed E-state index contributed by atoms with van der Waals surface area (Å²) in [6.07, 6.45) is 12.9. The molecule has 6 nitrogen and oxygen atoms in total. The molecule has 168 valence electrons. The Morgan fingerprint density at radius 3 is 2.16 bits per heavy atom. The molecule has 1 aliphatic carbocycles. The first kappa shape index (κ1) is 23.2. The Hall–Kier alpha value is -2.47. The van der Waals surface area contributed by atoms with Crippen molar-refractivity contribution >= 4 is 22.7 Å². The maximum absolute atomic E-state index is 12.8. The Kier molecular flexibility index (Phi) is 9.28. The summed E-state index contributed by atoms with van der Waals surface area (Å²) in [5.41, 5.74) is 0.948. The molecule has 2 aromatic rings. The molecule has 6 heteroatoms. The number of para-hydroxylation sites is 1. The lowest BCUT2D eigenvalue weighted by atomic mass is 9.97. The monoisotopic (exact) mass is 425 g/mol. The van der Waals surface area contributed by atoms with Crippen LogP contribution in [0.5, 0.6) is 0 Å². The molecule has 1 aromatic carbocycles. The fourth-order valence-corrected chi connectivity index (χ4v) is 4.23. The van der Waals surface area contributed by atoms with Crippen LogP contribution in [-0.4, -0.2) is 40.6 Å². The number of pyridine rings is 1. The molecule has 0 radical (unpaired) electrons. The average molecular weight is 426 g/mol. The second-order valence-electron chi connectivity index (χ2n) is 8.56. The highest BCUT2D eigenvalue weighted by Crippen LogP contribution is 2.17. The minimum Gasteiger partial charge on any atom is -0.394 e. The fraction of sp³-hybridized carbons (Fsp3) is 0.560. The quantitative estimate of drug-likeness (QED) is 0.672. The first-order valence-electron chi connectivity index (χ1n) is 11.8. The fourth-order valence-electron chi connectivity index (χ4n) is 4.23. The number of hydrogen-bond acceptors (Lipinski definition) is 4. The molecule has 2 amide bonds. The standard InChI is InChI=1S/C25H35N3O3/c29-18-23(28-24(30)22-17-16-19-12-10-11-15-21(19)27-22)25(31)26-20-13-8-6-4-2-1-3-5-7-9-14-20/h10-12,15-17,20,23,29H,1-9,13-14,18H2,(H,26,31)(H,28,30). The van der Waals surface area contributed by atoms with Crippen molar-refractivity contribution in [3.8, 4) is 0 Å². The Morgan fingerprint density at radius 1 is 0.903 bits per heavy atom. The van der Waals surface area contributed by atoms with Gasteiger partial charge in [0.05, 0.1) is 12.1 Å². The second-order valence-corrected chi connectivity index (χ2v) is 8.56. The SMILES string of the molecule is O=C(NC(CO)C(=O)NC1CCCCCCCCCCC1)c1ccc2ccccc2n1. The van der Waals surface area contributed by atoms with Gasteiger partial charge in [0, 0.05) is 11.4 Å². The van der Waals surface area contributed by atoms with Gasteiger partial charge in [0.1, 0.15) is 11.7 Å². The van der Waals surface area contributed by atoms with Crippen LogP contribution in [0.2, 0.25) is 0 Å². The number of nitrogens with one attached hydrogen (secondary N) is 2. The Bertz CT molecular complexity index is 843. The van der Waals surface area contributed by atoms with Gasteiger partial charge in [-0.05, 0) is 25.0 Å². The number of fused-ring (bicyclic) bond motifs is 1. The summed E-state index contributed by atoms with van der Waals surface area (Å²) in [4.78, 5) is 29.8. The van der Waals surface area contributed by atoms with Crippen molar-refractivity contribution < 1.29 is 14.7 Å². The zero-order valence-corrected chi connectivity index (χ0v) is 18.3. The lowest BCUT2D eigenvalue weighted by Gasteiger charge is -2.23. The number of carbonyl (C=O) groups is 2. The number of carbonyl (C=O) groups excluding carboxylic acids is 2.